The van der Waals surface area contributed by atoms with E-state index in [-0.39, 0.29) is 12.1 Å². The second-order valence-electron chi connectivity index (χ2n) is 5.18. The molecule has 1 fully saturated rings. The Morgan fingerprint density at radius 2 is 2.04 bits per heavy atom. The smallest absolute Gasteiger partial charge is 0.475 e. The van der Waals surface area contributed by atoms with Crippen LogP contribution < -0.4 is 5.32 Å². The predicted octanol–water partition coefficient (Wildman–Crippen LogP) is 1.92. The first kappa shape index (κ1) is 17.0. The van der Waals surface area contributed by atoms with Crippen molar-refractivity contribution in [2.24, 2.45) is 0 Å². The third-order valence-electron chi connectivity index (χ3n) is 3.59. The number of carbonyl (C=O) groups is 1. The normalized spacial score (nSPS) is 16.2. The number of halogens is 3. The highest BCUT2D eigenvalue weighted by Gasteiger charge is 2.38. The van der Waals surface area contributed by atoms with E-state index >= 15 is 0 Å². The highest BCUT2D eigenvalue weighted by Crippen LogP contribution is 2.35. The van der Waals surface area contributed by atoms with Crippen LogP contribution in [0.2, 0.25) is 0 Å². The number of rotatable bonds is 3. The first-order valence-electron chi connectivity index (χ1n) is 6.75. The number of nitrogens with zero attached hydrogens (tertiary/aromatic N) is 2. The molecular weight excluding hydrogens is 317 g/mol. The Morgan fingerprint density at radius 3 is 2.52 bits per heavy atom. The fourth-order valence-electron chi connectivity index (χ4n) is 2.15. The predicted molar refractivity (Wildman–Crippen MR) is 74.9 cm³/mol. The molecule has 1 saturated carbocycles. The molecule has 2 aromatic rings. The standard InChI is InChI=1S/C11H14N4O.C2HF3O2/c16-6-11(3-1-4-11)15-10-8-2-5-12-9(8)13-7-14-10;3-2(4,5)1(6)7/h2,5,7,16H,1,3-4,6H2,(H2,12,13,14,15);(H,6,7). The van der Waals surface area contributed by atoms with Gasteiger partial charge in [-0.05, 0) is 25.3 Å². The minimum absolute atomic E-state index is 0.156. The first-order chi connectivity index (χ1) is 10.8. The summed E-state index contributed by atoms with van der Waals surface area (Å²) in [5.41, 5.74) is 0.656. The van der Waals surface area contributed by atoms with Crippen LogP contribution in [0.4, 0.5) is 19.0 Å². The molecule has 0 aliphatic heterocycles. The van der Waals surface area contributed by atoms with Gasteiger partial charge in [0.15, 0.2) is 0 Å². The Hall–Kier alpha value is -2.36. The first-order valence-corrected chi connectivity index (χ1v) is 6.75. The number of fused-ring (bicyclic) bond motifs is 1. The van der Waals surface area contributed by atoms with Crippen LogP contribution in [0.5, 0.6) is 0 Å². The number of aromatic nitrogens is 3. The summed E-state index contributed by atoms with van der Waals surface area (Å²) in [7, 11) is 0. The summed E-state index contributed by atoms with van der Waals surface area (Å²) in [6.07, 6.45) is 1.45. The van der Waals surface area contributed by atoms with Gasteiger partial charge in [-0.15, -0.1) is 0 Å². The van der Waals surface area contributed by atoms with Gasteiger partial charge >= 0.3 is 12.1 Å². The molecule has 4 N–H and O–H groups in total. The number of carboxylic acids is 1. The lowest BCUT2D eigenvalue weighted by Gasteiger charge is -2.41. The van der Waals surface area contributed by atoms with Crippen molar-refractivity contribution >= 4 is 22.8 Å². The molecule has 3 rings (SSSR count). The van der Waals surface area contributed by atoms with Crippen LogP contribution in [0.1, 0.15) is 19.3 Å². The van der Waals surface area contributed by atoms with Crippen LogP contribution in [0.3, 0.4) is 0 Å². The van der Waals surface area contributed by atoms with Gasteiger partial charge < -0.3 is 20.5 Å². The van der Waals surface area contributed by atoms with Crippen LogP contribution in [0.15, 0.2) is 18.6 Å². The van der Waals surface area contributed by atoms with Gasteiger partial charge in [0.1, 0.15) is 17.8 Å². The summed E-state index contributed by atoms with van der Waals surface area (Å²) in [6.45, 7) is 0.156. The van der Waals surface area contributed by atoms with Crippen LogP contribution in [-0.4, -0.2) is 49.5 Å². The molecule has 2 heterocycles. The molecule has 0 aromatic carbocycles. The second-order valence-corrected chi connectivity index (χ2v) is 5.18. The third kappa shape index (κ3) is 3.89. The zero-order chi connectivity index (χ0) is 17.1. The maximum absolute atomic E-state index is 10.6. The zero-order valence-electron chi connectivity index (χ0n) is 11.9. The van der Waals surface area contributed by atoms with Gasteiger partial charge in [-0.2, -0.15) is 13.2 Å². The summed E-state index contributed by atoms with van der Waals surface area (Å²) >= 11 is 0. The third-order valence-corrected chi connectivity index (χ3v) is 3.59. The number of aliphatic hydroxyl groups is 1. The van der Waals surface area contributed by atoms with Crippen LogP contribution in [0, 0.1) is 0 Å². The van der Waals surface area contributed by atoms with Crippen molar-refractivity contribution in [3.8, 4) is 0 Å². The van der Waals surface area contributed by atoms with Gasteiger partial charge in [0, 0.05) is 6.20 Å². The molecule has 1 aliphatic rings. The van der Waals surface area contributed by atoms with Crippen molar-refractivity contribution in [3.63, 3.8) is 0 Å². The molecule has 10 heteroatoms. The Labute approximate surface area is 128 Å². The molecule has 0 unspecified atom stereocenters. The molecule has 1 aliphatic carbocycles. The lowest BCUT2D eigenvalue weighted by atomic mass is 9.77. The number of H-pyrrole nitrogens is 1. The van der Waals surface area contributed by atoms with Crippen LogP contribution >= 0.6 is 0 Å². The topological polar surface area (TPSA) is 111 Å². The van der Waals surface area contributed by atoms with E-state index in [1.54, 1.807) is 0 Å². The fourth-order valence-corrected chi connectivity index (χ4v) is 2.15. The number of alkyl halides is 3. The van der Waals surface area contributed by atoms with Gasteiger partial charge in [0.2, 0.25) is 0 Å². The van der Waals surface area contributed by atoms with E-state index in [2.05, 4.69) is 20.3 Å². The number of hydrogen-bond acceptors (Lipinski definition) is 5. The Morgan fingerprint density at radius 1 is 1.39 bits per heavy atom. The molecule has 0 atom stereocenters. The highest BCUT2D eigenvalue weighted by molar-refractivity contribution is 5.87. The molecule has 126 valence electrons. The summed E-state index contributed by atoms with van der Waals surface area (Å²) in [5, 5.41) is 20.9. The van der Waals surface area contributed by atoms with Crippen molar-refractivity contribution in [2.75, 3.05) is 11.9 Å². The molecule has 23 heavy (non-hydrogen) atoms. The fraction of sp³-hybridized carbons (Fsp3) is 0.462. The van der Waals surface area contributed by atoms with Crippen molar-refractivity contribution in [2.45, 2.75) is 31.0 Å². The molecule has 0 amide bonds. The van der Waals surface area contributed by atoms with E-state index < -0.39 is 12.1 Å². The maximum Gasteiger partial charge on any atom is 0.490 e. The van der Waals surface area contributed by atoms with Gasteiger partial charge in [-0.25, -0.2) is 14.8 Å². The molecule has 2 aromatic heterocycles. The SMILES string of the molecule is O=C(O)C(F)(F)F.OCC1(Nc2ncnc3[nH]ccc23)CCC1. The van der Waals surface area contributed by atoms with E-state index in [0.29, 0.717) is 0 Å². The van der Waals surface area contributed by atoms with Crippen molar-refractivity contribution in [3.05, 3.63) is 18.6 Å². The highest BCUT2D eigenvalue weighted by atomic mass is 19.4. The number of carboxylic acid groups (broad SMARTS) is 1. The van der Waals surface area contributed by atoms with Gasteiger partial charge in [-0.1, -0.05) is 0 Å². The van der Waals surface area contributed by atoms with E-state index in [4.69, 9.17) is 9.90 Å². The van der Waals surface area contributed by atoms with Crippen molar-refractivity contribution in [1.82, 2.24) is 15.0 Å². The molecule has 7 nitrogen and oxygen atoms in total. The summed E-state index contributed by atoms with van der Waals surface area (Å²) in [6, 6.07) is 1.95. The lowest BCUT2D eigenvalue weighted by molar-refractivity contribution is -0.192. The second kappa shape index (κ2) is 6.41. The van der Waals surface area contributed by atoms with E-state index in [0.717, 1.165) is 36.1 Å². The number of hydrogen-bond donors (Lipinski definition) is 4. The van der Waals surface area contributed by atoms with E-state index in [9.17, 15) is 18.3 Å². The Balaban J connectivity index is 0.000000236. The number of aromatic amines is 1. The quantitative estimate of drug-likeness (QED) is 0.683. The molecule has 0 spiro atoms. The Kier molecular flexibility index (Phi) is 4.73. The van der Waals surface area contributed by atoms with Gasteiger partial charge in [0.05, 0.1) is 17.5 Å². The largest absolute Gasteiger partial charge is 0.490 e. The van der Waals surface area contributed by atoms with Crippen LogP contribution in [0.25, 0.3) is 11.0 Å². The lowest BCUT2D eigenvalue weighted by Crippen LogP contribution is -2.48. The van der Waals surface area contributed by atoms with Crippen molar-refractivity contribution < 1.29 is 28.2 Å². The summed E-state index contributed by atoms with van der Waals surface area (Å²) < 4.78 is 31.7. The average Bonchev–Trinajstić information content (AvgIpc) is 2.91. The minimum atomic E-state index is -5.08. The molecule has 0 bridgehead atoms. The average molecular weight is 332 g/mol. The molecule has 0 radical (unpaired) electrons. The number of nitrogens with one attached hydrogen (secondary N) is 2. The Bertz CT molecular complexity index is 677. The number of aliphatic carboxylic acids is 1. The van der Waals surface area contributed by atoms with Crippen molar-refractivity contribution in [1.29, 1.82) is 0 Å². The summed E-state index contributed by atoms with van der Waals surface area (Å²) in [4.78, 5) is 20.3. The summed E-state index contributed by atoms with van der Waals surface area (Å²) in [5.74, 6) is -1.95. The van der Waals surface area contributed by atoms with E-state index in [1.165, 1.54) is 6.33 Å². The maximum atomic E-state index is 10.6. The molecule has 0 saturated heterocycles. The van der Waals surface area contributed by atoms with E-state index in [1.807, 2.05) is 12.3 Å². The monoisotopic (exact) mass is 332 g/mol. The molecular formula is C13H15F3N4O3. The minimum Gasteiger partial charge on any atom is -0.475 e. The van der Waals surface area contributed by atoms with Gasteiger partial charge in [0.25, 0.3) is 0 Å². The zero-order valence-corrected chi connectivity index (χ0v) is 11.9. The number of aliphatic hydroxyl groups excluding tert-OH is 1. The van der Waals surface area contributed by atoms with Crippen LogP contribution in [-0.2, 0) is 4.79 Å². The van der Waals surface area contributed by atoms with Gasteiger partial charge in [-0.3, -0.25) is 0 Å². The number of anilines is 1.